The molecule has 0 atom stereocenters. The lowest BCUT2D eigenvalue weighted by Gasteiger charge is -2.05. The summed E-state index contributed by atoms with van der Waals surface area (Å²) in [5, 5.41) is 14.2. The van der Waals surface area contributed by atoms with Crippen molar-refractivity contribution in [1.82, 2.24) is 15.5 Å². The van der Waals surface area contributed by atoms with Gasteiger partial charge in [-0.3, -0.25) is 0 Å². The van der Waals surface area contributed by atoms with Crippen LogP contribution in [0.5, 0.6) is 5.75 Å². The van der Waals surface area contributed by atoms with Crippen molar-refractivity contribution in [2.45, 2.75) is 19.9 Å². The highest BCUT2D eigenvalue weighted by molar-refractivity contribution is 9.10. The second-order valence-electron chi connectivity index (χ2n) is 4.15. The SMILES string of the molecule is CCCNCc1nnc(Nc2ccc(OC)c(Br)c2)o1. The summed E-state index contributed by atoms with van der Waals surface area (Å²) in [7, 11) is 1.63. The summed E-state index contributed by atoms with van der Waals surface area (Å²) in [6.07, 6.45) is 1.07. The van der Waals surface area contributed by atoms with Crippen LogP contribution in [0.4, 0.5) is 11.7 Å². The normalized spacial score (nSPS) is 10.6. The lowest BCUT2D eigenvalue weighted by Crippen LogP contribution is -2.13. The lowest BCUT2D eigenvalue weighted by molar-refractivity contribution is 0.412. The number of hydrogen-bond donors (Lipinski definition) is 2. The van der Waals surface area contributed by atoms with Crippen molar-refractivity contribution >= 4 is 27.6 Å². The van der Waals surface area contributed by atoms with Crippen molar-refractivity contribution in [2.24, 2.45) is 0 Å². The highest BCUT2D eigenvalue weighted by Gasteiger charge is 2.07. The van der Waals surface area contributed by atoms with E-state index in [0.29, 0.717) is 18.5 Å². The molecular weight excluding hydrogens is 324 g/mol. The van der Waals surface area contributed by atoms with Gasteiger partial charge in [0.15, 0.2) is 0 Å². The predicted octanol–water partition coefficient (Wildman–Crippen LogP) is 3.08. The number of ether oxygens (including phenoxy) is 1. The summed E-state index contributed by atoms with van der Waals surface area (Å²) in [5.74, 6) is 1.33. The zero-order chi connectivity index (χ0) is 14.4. The summed E-state index contributed by atoms with van der Waals surface area (Å²) < 4.78 is 11.5. The second kappa shape index (κ2) is 7.25. The van der Waals surface area contributed by atoms with Crippen LogP contribution in [0.3, 0.4) is 0 Å². The Bertz CT molecular complexity index is 559. The molecule has 0 spiro atoms. The summed E-state index contributed by atoms with van der Waals surface area (Å²) in [6.45, 7) is 3.61. The zero-order valence-electron chi connectivity index (χ0n) is 11.4. The molecule has 0 unspecified atom stereocenters. The van der Waals surface area contributed by atoms with Gasteiger partial charge in [0.2, 0.25) is 5.89 Å². The molecule has 2 rings (SSSR count). The molecule has 0 aliphatic heterocycles. The number of methoxy groups -OCH3 is 1. The van der Waals surface area contributed by atoms with Crippen molar-refractivity contribution in [2.75, 3.05) is 19.0 Å². The molecule has 7 heteroatoms. The fourth-order valence-corrected chi connectivity index (χ4v) is 2.16. The molecule has 0 saturated heterocycles. The monoisotopic (exact) mass is 340 g/mol. The number of nitrogens with zero attached hydrogens (tertiary/aromatic N) is 2. The van der Waals surface area contributed by atoms with Crippen LogP contribution in [0.2, 0.25) is 0 Å². The van der Waals surface area contributed by atoms with Gasteiger partial charge in [0.25, 0.3) is 0 Å². The first-order valence-electron chi connectivity index (χ1n) is 6.36. The fraction of sp³-hybridized carbons (Fsp3) is 0.385. The minimum absolute atomic E-state index is 0.371. The first kappa shape index (κ1) is 14.8. The first-order chi connectivity index (χ1) is 9.72. The molecular formula is C13H17BrN4O2. The van der Waals surface area contributed by atoms with Crippen LogP contribution in [0.25, 0.3) is 0 Å². The van der Waals surface area contributed by atoms with Gasteiger partial charge in [-0.05, 0) is 47.1 Å². The minimum atomic E-state index is 0.371. The molecule has 0 fully saturated rings. The van der Waals surface area contributed by atoms with Gasteiger partial charge >= 0.3 is 6.01 Å². The van der Waals surface area contributed by atoms with Crippen LogP contribution in [0.1, 0.15) is 19.2 Å². The smallest absolute Gasteiger partial charge is 0.320 e. The van der Waals surface area contributed by atoms with E-state index in [9.17, 15) is 0 Å². The van der Waals surface area contributed by atoms with Crippen LogP contribution < -0.4 is 15.4 Å². The maximum atomic E-state index is 5.49. The lowest BCUT2D eigenvalue weighted by atomic mass is 10.3. The van der Waals surface area contributed by atoms with Crippen molar-refractivity contribution in [3.63, 3.8) is 0 Å². The summed E-state index contributed by atoms with van der Waals surface area (Å²) in [5.41, 5.74) is 0.842. The topological polar surface area (TPSA) is 72.2 Å². The molecule has 20 heavy (non-hydrogen) atoms. The van der Waals surface area contributed by atoms with E-state index >= 15 is 0 Å². The number of hydrogen-bond acceptors (Lipinski definition) is 6. The molecule has 1 aromatic carbocycles. The first-order valence-corrected chi connectivity index (χ1v) is 7.16. The van der Waals surface area contributed by atoms with Gasteiger partial charge in [-0.15, -0.1) is 5.10 Å². The number of rotatable bonds is 7. The van der Waals surface area contributed by atoms with Crippen LogP contribution in [0, 0.1) is 0 Å². The van der Waals surface area contributed by atoms with E-state index in [1.807, 2.05) is 18.2 Å². The van der Waals surface area contributed by atoms with E-state index in [1.165, 1.54) is 0 Å². The molecule has 1 aromatic heterocycles. The molecule has 0 saturated carbocycles. The fourth-order valence-electron chi connectivity index (χ4n) is 1.62. The Morgan fingerprint density at radius 3 is 2.90 bits per heavy atom. The van der Waals surface area contributed by atoms with Crippen LogP contribution in [0.15, 0.2) is 27.1 Å². The Labute approximate surface area is 126 Å². The number of anilines is 2. The van der Waals surface area contributed by atoms with E-state index in [2.05, 4.69) is 43.7 Å². The van der Waals surface area contributed by atoms with E-state index in [0.717, 1.165) is 28.9 Å². The third-order valence-corrected chi connectivity index (χ3v) is 3.19. The zero-order valence-corrected chi connectivity index (χ0v) is 13.0. The van der Waals surface area contributed by atoms with Crippen molar-refractivity contribution in [3.8, 4) is 5.75 Å². The van der Waals surface area contributed by atoms with E-state index in [1.54, 1.807) is 7.11 Å². The minimum Gasteiger partial charge on any atom is -0.496 e. The molecule has 2 N–H and O–H groups in total. The number of halogens is 1. The number of nitrogens with one attached hydrogen (secondary N) is 2. The maximum absolute atomic E-state index is 5.49. The molecule has 0 bridgehead atoms. The Morgan fingerprint density at radius 2 is 2.20 bits per heavy atom. The van der Waals surface area contributed by atoms with Crippen molar-refractivity contribution in [3.05, 3.63) is 28.6 Å². The highest BCUT2D eigenvalue weighted by Crippen LogP contribution is 2.28. The molecule has 0 amide bonds. The van der Waals surface area contributed by atoms with E-state index in [4.69, 9.17) is 9.15 Å². The van der Waals surface area contributed by atoms with Gasteiger partial charge in [-0.2, -0.15) is 0 Å². The van der Waals surface area contributed by atoms with Gasteiger partial charge in [-0.25, -0.2) is 0 Å². The molecule has 0 aliphatic rings. The largest absolute Gasteiger partial charge is 0.496 e. The molecule has 6 nitrogen and oxygen atoms in total. The van der Waals surface area contributed by atoms with Crippen molar-refractivity contribution in [1.29, 1.82) is 0 Å². The van der Waals surface area contributed by atoms with Crippen molar-refractivity contribution < 1.29 is 9.15 Å². The molecule has 108 valence electrons. The molecule has 0 aliphatic carbocycles. The van der Waals surface area contributed by atoms with Crippen LogP contribution in [-0.2, 0) is 6.54 Å². The van der Waals surface area contributed by atoms with E-state index < -0.39 is 0 Å². The third-order valence-electron chi connectivity index (χ3n) is 2.57. The van der Waals surface area contributed by atoms with Gasteiger partial charge in [0, 0.05) is 5.69 Å². The summed E-state index contributed by atoms with van der Waals surface area (Å²) >= 11 is 3.43. The Hall–Kier alpha value is -1.60. The Kier molecular flexibility index (Phi) is 5.37. The van der Waals surface area contributed by atoms with E-state index in [-0.39, 0.29) is 0 Å². The van der Waals surface area contributed by atoms with Gasteiger partial charge in [-0.1, -0.05) is 12.0 Å². The van der Waals surface area contributed by atoms with Gasteiger partial charge in [0.05, 0.1) is 18.1 Å². The Morgan fingerprint density at radius 1 is 1.35 bits per heavy atom. The number of aromatic nitrogens is 2. The average molecular weight is 341 g/mol. The summed E-state index contributed by atoms with van der Waals surface area (Å²) in [4.78, 5) is 0. The summed E-state index contributed by atoms with van der Waals surface area (Å²) in [6, 6.07) is 5.99. The quantitative estimate of drug-likeness (QED) is 0.754. The van der Waals surface area contributed by atoms with Gasteiger partial charge < -0.3 is 19.8 Å². The molecule has 0 radical (unpaired) electrons. The molecule has 2 aromatic rings. The standard InChI is InChI=1S/C13H17BrN4O2/c1-3-6-15-8-12-17-18-13(20-12)16-9-4-5-11(19-2)10(14)7-9/h4-5,7,15H,3,6,8H2,1-2H3,(H,16,18). The van der Waals surface area contributed by atoms with Crippen LogP contribution in [-0.4, -0.2) is 23.9 Å². The second-order valence-corrected chi connectivity index (χ2v) is 5.01. The average Bonchev–Trinajstić information content (AvgIpc) is 2.87. The molecule has 1 heterocycles. The van der Waals surface area contributed by atoms with Crippen LogP contribution >= 0.6 is 15.9 Å². The highest BCUT2D eigenvalue weighted by atomic mass is 79.9. The maximum Gasteiger partial charge on any atom is 0.320 e. The van der Waals surface area contributed by atoms with Gasteiger partial charge in [0.1, 0.15) is 5.75 Å². The predicted molar refractivity (Wildman–Crippen MR) is 80.3 cm³/mol. The third kappa shape index (κ3) is 3.94. The number of benzene rings is 1. The Balaban J connectivity index is 1.97.